The molecule has 0 N–H and O–H groups in total. The Kier molecular flexibility index (Phi) is 20.5. The number of pyridine rings is 8. The van der Waals surface area contributed by atoms with Crippen molar-refractivity contribution in [1.29, 1.82) is 0 Å². The van der Waals surface area contributed by atoms with Crippen LogP contribution in [0.25, 0.3) is 45.6 Å². The molecule has 8 nitrogen and oxygen atoms in total. The largest absolute Gasteiger partial charge is 0.402 e. The van der Waals surface area contributed by atoms with Crippen LogP contribution < -0.4 is 0 Å². The Balaban J connectivity index is 0.000000138. The number of hydrogen-bond acceptors (Lipinski definition) is 8. The van der Waals surface area contributed by atoms with E-state index in [1.165, 1.54) is 162 Å². The second-order valence-corrected chi connectivity index (χ2v) is 27.7. The van der Waals surface area contributed by atoms with Gasteiger partial charge in [-0.2, -0.15) is 39.5 Å². The minimum absolute atomic E-state index is 0.0769. The Morgan fingerprint density at radius 3 is 0.802 bits per heavy atom. The summed E-state index contributed by atoms with van der Waals surface area (Å²) in [6, 6.07) is 26.6. The van der Waals surface area contributed by atoms with Crippen LogP contribution in [0.1, 0.15) is 142 Å². The maximum absolute atomic E-state index is 13.6. The predicted octanol–water partition coefficient (Wildman–Crippen LogP) is 22.6. The molecule has 0 radical (unpaired) electrons. The molecule has 0 saturated carbocycles. The summed E-state index contributed by atoms with van der Waals surface area (Å²) in [4.78, 5) is 34.7. The molecular weight excluding hydrogens is 1650 g/mol. The molecular formula is C61H49Br8F9N8. The highest BCUT2D eigenvalue weighted by atomic mass is 79.9. The molecule has 25 heteroatoms. The first-order valence-electron chi connectivity index (χ1n) is 27.1. The number of alkyl halides is 9. The topological polar surface area (TPSA) is 103 Å². The van der Waals surface area contributed by atoms with Gasteiger partial charge < -0.3 is 0 Å². The molecule has 8 aromatic rings. The zero-order valence-electron chi connectivity index (χ0n) is 45.9. The van der Waals surface area contributed by atoms with Crippen LogP contribution >= 0.6 is 127 Å². The molecule has 0 aromatic carbocycles. The Morgan fingerprint density at radius 1 is 0.326 bits per heavy atom. The zero-order chi connectivity index (χ0) is 62.5. The van der Waals surface area contributed by atoms with Crippen LogP contribution in [0.15, 0.2) is 134 Å². The van der Waals surface area contributed by atoms with Crippen LogP contribution in [0.5, 0.6) is 0 Å². The molecule has 0 saturated heterocycles. The van der Waals surface area contributed by atoms with Gasteiger partial charge in [-0.05, 0) is 247 Å². The number of halogens is 17. The Bertz CT molecular complexity index is 3520. The summed E-state index contributed by atoms with van der Waals surface area (Å²) >= 11 is 26.3. The van der Waals surface area contributed by atoms with E-state index in [-0.39, 0.29) is 73.0 Å². The van der Waals surface area contributed by atoms with E-state index in [2.05, 4.69) is 195 Å². The second kappa shape index (κ2) is 26.3. The van der Waals surface area contributed by atoms with E-state index in [0.717, 1.165) is 20.6 Å². The molecule has 0 amide bonds. The molecule has 0 fully saturated rings. The Morgan fingerprint density at radius 2 is 0.558 bits per heavy atom. The third-order valence-corrected chi connectivity index (χ3v) is 19.6. The lowest BCUT2D eigenvalue weighted by atomic mass is 9.71. The van der Waals surface area contributed by atoms with Crippen molar-refractivity contribution in [3.05, 3.63) is 178 Å². The maximum Gasteiger partial charge on any atom is 0.402 e. The number of aromatic nitrogens is 8. The predicted molar refractivity (Wildman–Crippen MR) is 343 cm³/mol. The van der Waals surface area contributed by atoms with Gasteiger partial charge >= 0.3 is 18.5 Å². The minimum atomic E-state index is -4.42. The summed E-state index contributed by atoms with van der Waals surface area (Å²) in [6.45, 7) is 6.90. The van der Waals surface area contributed by atoms with Crippen molar-refractivity contribution in [2.75, 3.05) is 0 Å². The van der Waals surface area contributed by atoms with Crippen LogP contribution in [0, 0.1) is 0 Å². The summed E-state index contributed by atoms with van der Waals surface area (Å²) < 4.78 is 126. The van der Waals surface area contributed by atoms with Crippen molar-refractivity contribution in [2.24, 2.45) is 0 Å². The number of hydrogen-bond donors (Lipinski definition) is 0. The zero-order valence-corrected chi connectivity index (χ0v) is 58.6. The van der Waals surface area contributed by atoms with E-state index in [1.54, 1.807) is 0 Å². The fraction of sp³-hybridized carbons (Fsp3) is 0.344. The number of fused-ring (bicyclic) bond motifs is 12. The molecule has 12 rings (SSSR count). The van der Waals surface area contributed by atoms with Crippen molar-refractivity contribution < 1.29 is 39.5 Å². The van der Waals surface area contributed by atoms with Crippen LogP contribution in [-0.4, -0.2) is 58.4 Å². The summed E-state index contributed by atoms with van der Waals surface area (Å²) in [6.07, 6.45) is -0.430. The first-order chi connectivity index (χ1) is 40.5. The molecule has 0 spiro atoms. The van der Waals surface area contributed by atoms with Crippen molar-refractivity contribution in [3.8, 4) is 45.6 Å². The molecule has 86 heavy (non-hydrogen) atoms. The SMILES string of the molecule is CC1(C(F)(F)F)c2ccc(Br)nc2-c2nc(Br)ccc21.CC1(C(F)(F)F)c2ccc(Br)nc2-c2nc(Br)ccc21.CCCCCCC1(CCCCCC)c2ccc(Br)nc2-c2nc(Br)ccc21.FC(F)(F)C1c2ccc(Br)nc2-c2nc(Br)ccc21. The Labute approximate surface area is 558 Å². The summed E-state index contributed by atoms with van der Waals surface area (Å²) in [5.74, 6) is -1.65. The van der Waals surface area contributed by atoms with E-state index in [1.807, 2.05) is 0 Å². The normalized spacial score (nSPS) is 15.0. The van der Waals surface area contributed by atoms with Gasteiger partial charge in [0.1, 0.15) is 53.6 Å². The average Bonchev–Trinajstić information content (AvgIpc) is 1.63. The first-order valence-corrected chi connectivity index (χ1v) is 33.4. The molecule has 8 heterocycles. The van der Waals surface area contributed by atoms with Gasteiger partial charge in [0.2, 0.25) is 0 Å². The maximum atomic E-state index is 13.6. The standard InChI is InChI=1S/C23H30Br2N2.2C13H7Br2F3N2.C12H5Br2F3N2/c1-3-5-7-9-15-23(16-10-8-6-4-2)17-11-13-19(24)26-21(17)22-18(23)12-14-20(25)27-22;2*1-12(13(16,17)18)6-2-4-8(14)19-10(6)11-7(12)3-5-9(15)20-11;13-7-3-1-5-9(12(15,16)17)6-2-4-8(14)19-11(6)10(5)18-7/h11-14H,3-10,15-16H2,1-2H3;2*2-5H,1H3;1-4,9H. The van der Waals surface area contributed by atoms with Crippen LogP contribution in [-0.2, 0) is 16.2 Å². The fourth-order valence-electron chi connectivity index (χ4n) is 11.8. The van der Waals surface area contributed by atoms with Crippen LogP contribution in [0.4, 0.5) is 39.5 Å². The summed E-state index contributed by atoms with van der Waals surface area (Å²) in [5, 5.41) is 0. The molecule has 0 aliphatic heterocycles. The quantitative estimate of drug-likeness (QED) is 0.0758. The molecule has 452 valence electrons. The van der Waals surface area contributed by atoms with Gasteiger partial charge in [0.15, 0.2) is 0 Å². The average molecular weight is 1700 g/mol. The van der Waals surface area contributed by atoms with Crippen LogP contribution in [0.2, 0.25) is 0 Å². The lowest BCUT2D eigenvalue weighted by molar-refractivity contribution is -0.172. The van der Waals surface area contributed by atoms with Gasteiger partial charge in [0, 0.05) is 5.41 Å². The first kappa shape index (κ1) is 66.8. The van der Waals surface area contributed by atoms with Crippen molar-refractivity contribution >= 4 is 127 Å². The lowest BCUT2D eigenvalue weighted by Crippen LogP contribution is -2.38. The fourth-order valence-corrected chi connectivity index (χ4v) is 14.2. The van der Waals surface area contributed by atoms with E-state index in [0.29, 0.717) is 27.6 Å². The highest BCUT2D eigenvalue weighted by Crippen LogP contribution is 2.58. The Hall–Kier alpha value is -3.59. The third kappa shape index (κ3) is 12.9. The van der Waals surface area contributed by atoms with Gasteiger partial charge in [0.25, 0.3) is 0 Å². The van der Waals surface area contributed by atoms with Gasteiger partial charge in [-0.15, -0.1) is 0 Å². The van der Waals surface area contributed by atoms with E-state index < -0.39 is 35.3 Å². The van der Waals surface area contributed by atoms with Crippen molar-refractivity contribution in [1.82, 2.24) is 39.9 Å². The molecule has 0 bridgehead atoms. The second-order valence-electron chi connectivity index (χ2n) is 21.2. The van der Waals surface area contributed by atoms with E-state index >= 15 is 0 Å². The minimum Gasteiger partial charge on any atom is -0.239 e. The van der Waals surface area contributed by atoms with Gasteiger partial charge in [-0.25, -0.2) is 39.9 Å². The van der Waals surface area contributed by atoms with Crippen LogP contribution in [0.3, 0.4) is 0 Å². The number of unbranched alkanes of at least 4 members (excludes halogenated alkanes) is 6. The monoisotopic (exact) mass is 1700 g/mol. The lowest BCUT2D eigenvalue weighted by Gasteiger charge is -2.32. The highest BCUT2D eigenvalue weighted by Gasteiger charge is 2.60. The van der Waals surface area contributed by atoms with Gasteiger partial charge in [-0.3, -0.25) is 0 Å². The van der Waals surface area contributed by atoms with E-state index in [9.17, 15) is 39.5 Å². The molecule has 0 atom stereocenters. The summed E-state index contributed by atoms with van der Waals surface area (Å²) in [7, 11) is 0. The summed E-state index contributed by atoms with van der Waals surface area (Å²) in [5.41, 5.74) is 3.33. The smallest absolute Gasteiger partial charge is 0.239 e. The number of rotatable bonds is 10. The third-order valence-electron chi connectivity index (χ3n) is 16.0. The van der Waals surface area contributed by atoms with E-state index in [4.69, 9.17) is 9.97 Å². The number of nitrogens with zero attached hydrogens (tertiary/aromatic N) is 8. The highest BCUT2D eigenvalue weighted by molar-refractivity contribution is 9.11. The van der Waals surface area contributed by atoms with Gasteiger partial charge in [0.05, 0.1) is 45.6 Å². The van der Waals surface area contributed by atoms with Crippen molar-refractivity contribution in [2.45, 2.75) is 133 Å². The van der Waals surface area contributed by atoms with Gasteiger partial charge in [-0.1, -0.05) is 114 Å². The van der Waals surface area contributed by atoms with Crippen molar-refractivity contribution in [3.63, 3.8) is 0 Å². The molecule has 4 aliphatic rings. The molecule has 0 unspecified atom stereocenters. The molecule has 8 aromatic heterocycles. The molecule has 4 aliphatic carbocycles.